The number of rotatable bonds is 4. The van der Waals surface area contributed by atoms with E-state index in [9.17, 15) is 4.39 Å². The standard InChI is InChI=1S/C16H25FN2O/c1-11-6-7-19(12(2)8-11)10-15(18)13-4-5-16(20-3)14(17)9-13/h4-5,9,11-12,15H,6-8,10,18H2,1-3H3. The van der Waals surface area contributed by atoms with Crippen LogP contribution in [0.4, 0.5) is 4.39 Å². The van der Waals surface area contributed by atoms with E-state index in [1.54, 1.807) is 6.07 Å². The maximum absolute atomic E-state index is 13.7. The predicted octanol–water partition coefficient (Wildman–Crippen LogP) is 2.95. The fraction of sp³-hybridized carbons (Fsp3) is 0.625. The Kier molecular flexibility index (Phi) is 5.00. The third-order valence-electron chi connectivity index (χ3n) is 4.31. The van der Waals surface area contributed by atoms with Crippen LogP contribution in [0.5, 0.6) is 5.75 Å². The van der Waals surface area contributed by atoms with Gasteiger partial charge in [0.25, 0.3) is 0 Å². The summed E-state index contributed by atoms with van der Waals surface area (Å²) in [7, 11) is 1.47. The molecule has 4 heteroatoms. The summed E-state index contributed by atoms with van der Waals surface area (Å²) in [5, 5.41) is 0. The number of benzene rings is 1. The molecule has 3 nitrogen and oxygen atoms in total. The van der Waals surface area contributed by atoms with Crippen LogP contribution in [0.25, 0.3) is 0 Å². The van der Waals surface area contributed by atoms with Crippen LogP contribution in [0.3, 0.4) is 0 Å². The van der Waals surface area contributed by atoms with Gasteiger partial charge in [-0.3, -0.25) is 4.90 Å². The van der Waals surface area contributed by atoms with Crippen molar-refractivity contribution in [1.82, 2.24) is 4.90 Å². The summed E-state index contributed by atoms with van der Waals surface area (Å²) in [5.74, 6) is 0.706. The number of methoxy groups -OCH3 is 1. The Morgan fingerprint density at radius 3 is 2.80 bits per heavy atom. The smallest absolute Gasteiger partial charge is 0.165 e. The lowest BCUT2D eigenvalue weighted by Gasteiger charge is -2.38. The van der Waals surface area contributed by atoms with Gasteiger partial charge in [0.15, 0.2) is 11.6 Å². The van der Waals surface area contributed by atoms with Crippen LogP contribution in [-0.4, -0.2) is 31.1 Å². The van der Waals surface area contributed by atoms with Gasteiger partial charge in [0.05, 0.1) is 7.11 Å². The molecule has 20 heavy (non-hydrogen) atoms. The topological polar surface area (TPSA) is 38.5 Å². The Bertz CT molecular complexity index is 452. The van der Waals surface area contributed by atoms with E-state index in [0.717, 1.165) is 24.6 Å². The normalized spacial score (nSPS) is 25.4. The van der Waals surface area contributed by atoms with Gasteiger partial charge in [-0.2, -0.15) is 0 Å². The monoisotopic (exact) mass is 280 g/mol. The summed E-state index contributed by atoms with van der Waals surface area (Å²) in [5.41, 5.74) is 7.06. The molecule has 0 spiro atoms. The first kappa shape index (κ1) is 15.3. The second kappa shape index (κ2) is 6.55. The van der Waals surface area contributed by atoms with Crippen molar-refractivity contribution in [2.45, 2.75) is 38.8 Å². The molecule has 3 atom stereocenters. The summed E-state index contributed by atoms with van der Waals surface area (Å²) < 4.78 is 18.7. The number of piperidine rings is 1. The van der Waals surface area contributed by atoms with Crippen molar-refractivity contribution in [1.29, 1.82) is 0 Å². The van der Waals surface area contributed by atoms with Gasteiger partial charge in [-0.25, -0.2) is 4.39 Å². The van der Waals surface area contributed by atoms with E-state index < -0.39 is 0 Å². The van der Waals surface area contributed by atoms with Crippen LogP contribution in [0, 0.1) is 11.7 Å². The molecule has 1 fully saturated rings. The zero-order chi connectivity index (χ0) is 14.7. The number of hydrogen-bond donors (Lipinski definition) is 1. The van der Waals surface area contributed by atoms with E-state index in [1.807, 2.05) is 6.07 Å². The average Bonchev–Trinajstić information content (AvgIpc) is 2.41. The molecule has 3 unspecified atom stereocenters. The molecule has 2 rings (SSSR count). The van der Waals surface area contributed by atoms with E-state index in [2.05, 4.69) is 18.7 Å². The van der Waals surface area contributed by atoms with Gasteiger partial charge in [0.1, 0.15) is 0 Å². The second-order valence-electron chi connectivity index (χ2n) is 5.97. The molecular formula is C16H25FN2O. The van der Waals surface area contributed by atoms with Gasteiger partial charge < -0.3 is 10.5 Å². The van der Waals surface area contributed by atoms with Gasteiger partial charge in [0, 0.05) is 18.6 Å². The average molecular weight is 280 g/mol. The Balaban J connectivity index is 2.01. The number of likely N-dealkylation sites (tertiary alicyclic amines) is 1. The highest BCUT2D eigenvalue weighted by molar-refractivity contribution is 5.31. The van der Waals surface area contributed by atoms with E-state index in [4.69, 9.17) is 10.5 Å². The molecule has 1 aromatic carbocycles. The van der Waals surface area contributed by atoms with Crippen molar-refractivity contribution in [3.63, 3.8) is 0 Å². The summed E-state index contributed by atoms with van der Waals surface area (Å²) in [6.45, 7) is 6.40. The fourth-order valence-corrected chi connectivity index (χ4v) is 3.00. The summed E-state index contributed by atoms with van der Waals surface area (Å²) in [4.78, 5) is 2.41. The van der Waals surface area contributed by atoms with Crippen LogP contribution < -0.4 is 10.5 Å². The fourth-order valence-electron chi connectivity index (χ4n) is 3.00. The van der Waals surface area contributed by atoms with Crippen molar-refractivity contribution in [3.05, 3.63) is 29.6 Å². The third kappa shape index (κ3) is 3.49. The zero-order valence-electron chi connectivity index (χ0n) is 12.6. The lowest BCUT2D eigenvalue weighted by atomic mass is 9.92. The number of ether oxygens (including phenoxy) is 1. The molecule has 0 radical (unpaired) electrons. The highest BCUT2D eigenvalue weighted by Crippen LogP contribution is 2.25. The van der Waals surface area contributed by atoms with Crippen LogP contribution >= 0.6 is 0 Å². The van der Waals surface area contributed by atoms with Crippen molar-refractivity contribution in [3.8, 4) is 5.75 Å². The quantitative estimate of drug-likeness (QED) is 0.921. The van der Waals surface area contributed by atoms with E-state index in [0.29, 0.717) is 6.04 Å². The Morgan fingerprint density at radius 1 is 1.45 bits per heavy atom. The minimum absolute atomic E-state index is 0.161. The Labute approximate surface area is 120 Å². The predicted molar refractivity (Wildman–Crippen MR) is 79.3 cm³/mol. The van der Waals surface area contributed by atoms with Gasteiger partial charge in [0.2, 0.25) is 0 Å². The highest BCUT2D eigenvalue weighted by Gasteiger charge is 2.24. The molecule has 2 N–H and O–H groups in total. The van der Waals surface area contributed by atoms with Crippen molar-refractivity contribution < 1.29 is 9.13 Å². The molecule has 0 aromatic heterocycles. The number of halogens is 1. The maximum atomic E-state index is 13.7. The molecule has 0 amide bonds. The van der Waals surface area contributed by atoms with Crippen LogP contribution in [0.1, 0.15) is 38.3 Å². The number of hydrogen-bond acceptors (Lipinski definition) is 3. The van der Waals surface area contributed by atoms with E-state index in [-0.39, 0.29) is 17.6 Å². The zero-order valence-corrected chi connectivity index (χ0v) is 12.6. The van der Waals surface area contributed by atoms with Gasteiger partial charge in [-0.05, 0) is 49.9 Å². The molecule has 1 aliphatic rings. The van der Waals surface area contributed by atoms with E-state index in [1.165, 1.54) is 26.0 Å². The minimum Gasteiger partial charge on any atom is -0.494 e. The van der Waals surface area contributed by atoms with Crippen LogP contribution in [0.2, 0.25) is 0 Å². The van der Waals surface area contributed by atoms with Crippen molar-refractivity contribution in [2.75, 3.05) is 20.2 Å². The second-order valence-corrected chi connectivity index (χ2v) is 5.97. The van der Waals surface area contributed by atoms with E-state index >= 15 is 0 Å². The highest BCUT2D eigenvalue weighted by atomic mass is 19.1. The van der Waals surface area contributed by atoms with Crippen molar-refractivity contribution >= 4 is 0 Å². The lowest BCUT2D eigenvalue weighted by Crippen LogP contribution is -2.43. The Hall–Kier alpha value is -1.13. The maximum Gasteiger partial charge on any atom is 0.165 e. The first-order valence-electron chi connectivity index (χ1n) is 7.34. The molecular weight excluding hydrogens is 255 g/mol. The minimum atomic E-state index is -0.347. The molecule has 0 bridgehead atoms. The molecule has 1 heterocycles. The first-order chi connectivity index (χ1) is 9.51. The summed E-state index contributed by atoms with van der Waals surface area (Å²) in [6, 6.07) is 5.37. The Morgan fingerprint density at radius 2 is 2.20 bits per heavy atom. The number of nitrogens with zero attached hydrogens (tertiary/aromatic N) is 1. The molecule has 112 valence electrons. The SMILES string of the molecule is COc1ccc(C(N)CN2CCC(C)CC2C)cc1F. The lowest BCUT2D eigenvalue weighted by molar-refractivity contribution is 0.122. The molecule has 1 saturated heterocycles. The van der Waals surface area contributed by atoms with Crippen molar-refractivity contribution in [2.24, 2.45) is 11.7 Å². The first-order valence-corrected chi connectivity index (χ1v) is 7.34. The largest absolute Gasteiger partial charge is 0.494 e. The molecule has 0 saturated carbocycles. The van der Waals surface area contributed by atoms with Gasteiger partial charge in [-0.1, -0.05) is 13.0 Å². The number of nitrogens with two attached hydrogens (primary N) is 1. The van der Waals surface area contributed by atoms with Gasteiger partial charge >= 0.3 is 0 Å². The molecule has 1 aromatic rings. The van der Waals surface area contributed by atoms with Crippen LogP contribution in [-0.2, 0) is 0 Å². The summed E-state index contributed by atoms with van der Waals surface area (Å²) >= 11 is 0. The third-order valence-corrected chi connectivity index (χ3v) is 4.31. The molecule has 0 aliphatic carbocycles. The van der Waals surface area contributed by atoms with Crippen LogP contribution in [0.15, 0.2) is 18.2 Å². The molecule has 1 aliphatic heterocycles. The van der Waals surface area contributed by atoms with Gasteiger partial charge in [-0.15, -0.1) is 0 Å². The summed E-state index contributed by atoms with van der Waals surface area (Å²) in [6.07, 6.45) is 2.43.